The van der Waals surface area contributed by atoms with Gasteiger partial charge in [-0.25, -0.2) is 4.39 Å². The second-order valence-electron chi connectivity index (χ2n) is 1.25. The predicted molar refractivity (Wildman–Crippen MR) is 23.9 cm³/mol. The van der Waals surface area contributed by atoms with Crippen LogP contribution in [0.1, 0.15) is 6.92 Å². The molecule has 0 fully saturated rings. The maximum absolute atomic E-state index is 11.5. The highest BCUT2D eigenvalue weighted by molar-refractivity contribution is 4.93. The zero-order chi connectivity index (χ0) is 5.15. The monoisotopic (exact) mass is 89.1 g/mol. The molecular weight excluding hydrogens is 81.0 g/mol. The minimum absolute atomic E-state index is 0.370. The molecule has 0 saturated carbocycles. The fourth-order valence-electron chi connectivity index (χ4n) is 0. The van der Waals surface area contributed by atoms with E-state index >= 15 is 0 Å². The summed E-state index contributed by atoms with van der Waals surface area (Å²) in [6, 6.07) is 0. The van der Waals surface area contributed by atoms with Crippen molar-refractivity contribution in [3.8, 4) is 0 Å². The highest BCUT2D eigenvalue weighted by Crippen LogP contribution is 1.91. The molecule has 0 aliphatic rings. The van der Waals surface area contributed by atoms with Crippen LogP contribution in [0.5, 0.6) is 0 Å². The average Bonchev–Trinajstić information content (AvgIpc) is 1.36. The molecule has 0 aliphatic carbocycles. The van der Waals surface area contributed by atoms with Gasteiger partial charge in [0, 0.05) is 0 Å². The SMILES string of the molecule is C=C(C)C(N)F. The fraction of sp³-hybridized carbons (Fsp3) is 0.500. The molecule has 1 nitrogen and oxygen atoms in total. The molecule has 0 radical (unpaired) electrons. The van der Waals surface area contributed by atoms with E-state index < -0.39 is 6.30 Å². The quantitative estimate of drug-likeness (QED) is 0.373. The van der Waals surface area contributed by atoms with Crippen LogP contribution < -0.4 is 5.73 Å². The Morgan fingerprint density at radius 1 is 2.00 bits per heavy atom. The second kappa shape index (κ2) is 1.92. The van der Waals surface area contributed by atoms with Crippen LogP contribution in [0.15, 0.2) is 12.2 Å². The Balaban J connectivity index is 3.26. The van der Waals surface area contributed by atoms with Crippen molar-refractivity contribution in [1.82, 2.24) is 0 Å². The molecule has 0 heterocycles. The van der Waals surface area contributed by atoms with Crippen molar-refractivity contribution in [1.29, 1.82) is 0 Å². The molecule has 0 bridgehead atoms. The van der Waals surface area contributed by atoms with Gasteiger partial charge >= 0.3 is 0 Å². The molecule has 0 saturated heterocycles. The van der Waals surface area contributed by atoms with E-state index in [1.165, 1.54) is 0 Å². The Kier molecular flexibility index (Phi) is 1.81. The van der Waals surface area contributed by atoms with Crippen LogP contribution in [0.4, 0.5) is 4.39 Å². The van der Waals surface area contributed by atoms with Gasteiger partial charge in [-0.3, -0.25) is 5.73 Å². The Morgan fingerprint density at radius 2 is 2.17 bits per heavy atom. The van der Waals surface area contributed by atoms with Gasteiger partial charge < -0.3 is 0 Å². The van der Waals surface area contributed by atoms with Crippen molar-refractivity contribution in [2.75, 3.05) is 0 Å². The van der Waals surface area contributed by atoms with Gasteiger partial charge in [0.25, 0.3) is 0 Å². The Hall–Kier alpha value is -0.370. The molecule has 6 heavy (non-hydrogen) atoms. The van der Waals surface area contributed by atoms with Gasteiger partial charge in [0.2, 0.25) is 0 Å². The zero-order valence-electron chi connectivity index (χ0n) is 3.74. The van der Waals surface area contributed by atoms with Crippen molar-refractivity contribution in [2.45, 2.75) is 13.2 Å². The molecule has 0 spiro atoms. The average molecular weight is 89.1 g/mol. The molecule has 0 rings (SSSR count). The lowest BCUT2D eigenvalue weighted by Crippen LogP contribution is -2.12. The van der Waals surface area contributed by atoms with E-state index in [-0.39, 0.29) is 0 Å². The van der Waals surface area contributed by atoms with Crippen molar-refractivity contribution in [3.05, 3.63) is 12.2 Å². The summed E-state index contributed by atoms with van der Waals surface area (Å²) < 4.78 is 11.5. The minimum Gasteiger partial charge on any atom is -0.298 e. The second-order valence-corrected chi connectivity index (χ2v) is 1.25. The summed E-state index contributed by atoms with van der Waals surface area (Å²) in [6.45, 7) is 4.80. The van der Waals surface area contributed by atoms with Crippen LogP contribution in [0, 0.1) is 0 Å². The highest BCUT2D eigenvalue weighted by Gasteiger charge is 1.92. The smallest absolute Gasteiger partial charge is 0.169 e. The van der Waals surface area contributed by atoms with E-state index in [2.05, 4.69) is 12.3 Å². The lowest BCUT2D eigenvalue weighted by molar-refractivity contribution is 0.394. The summed E-state index contributed by atoms with van der Waals surface area (Å²) in [6.07, 6.45) is -1.34. The molecule has 0 amide bonds. The van der Waals surface area contributed by atoms with Crippen LogP contribution in [0.2, 0.25) is 0 Å². The number of alkyl halides is 1. The first-order valence-electron chi connectivity index (χ1n) is 1.69. The van der Waals surface area contributed by atoms with Gasteiger partial charge in [-0.2, -0.15) is 0 Å². The number of rotatable bonds is 1. The summed E-state index contributed by atoms with van der Waals surface area (Å²) in [5.41, 5.74) is 5.04. The largest absolute Gasteiger partial charge is 0.298 e. The molecule has 1 unspecified atom stereocenters. The van der Waals surface area contributed by atoms with Gasteiger partial charge in [-0.15, -0.1) is 0 Å². The summed E-state index contributed by atoms with van der Waals surface area (Å²) in [5, 5.41) is 0. The topological polar surface area (TPSA) is 26.0 Å². The lowest BCUT2D eigenvalue weighted by atomic mass is 10.3. The number of nitrogens with two attached hydrogens (primary N) is 1. The first-order chi connectivity index (χ1) is 2.64. The van der Waals surface area contributed by atoms with Gasteiger partial charge in [0.15, 0.2) is 6.30 Å². The van der Waals surface area contributed by atoms with Crippen molar-refractivity contribution in [3.63, 3.8) is 0 Å². The molecule has 2 N–H and O–H groups in total. The van der Waals surface area contributed by atoms with Gasteiger partial charge in [-0.05, 0) is 12.5 Å². The Morgan fingerprint density at radius 3 is 2.17 bits per heavy atom. The Bertz CT molecular complexity index is 58.6. The Labute approximate surface area is 36.6 Å². The van der Waals surface area contributed by atoms with E-state index in [1.54, 1.807) is 6.92 Å². The zero-order valence-corrected chi connectivity index (χ0v) is 3.74. The lowest BCUT2D eigenvalue weighted by Gasteiger charge is -1.93. The maximum atomic E-state index is 11.5. The highest BCUT2D eigenvalue weighted by atomic mass is 19.1. The standard InChI is InChI=1S/C4H8FN/c1-3(2)4(5)6/h4H,1,6H2,2H3. The third-order valence-corrected chi connectivity index (χ3v) is 0.471. The molecule has 0 aromatic rings. The molecular formula is C4H8FN. The first kappa shape index (κ1) is 5.63. The van der Waals surface area contributed by atoms with Crippen LogP contribution >= 0.6 is 0 Å². The number of hydrogen-bond acceptors (Lipinski definition) is 1. The van der Waals surface area contributed by atoms with Crippen molar-refractivity contribution >= 4 is 0 Å². The molecule has 0 aromatic heterocycles. The van der Waals surface area contributed by atoms with Gasteiger partial charge in [0.05, 0.1) is 0 Å². The minimum atomic E-state index is -1.34. The summed E-state index contributed by atoms with van der Waals surface area (Å²) >= 11 is 0. The van der Waals surface area contributed by atoms with Crippen LogP contribution in [0.3, 0.4) is 0 Å². The number of hydrogen-bond donors (Lipinski definition) is 1. The molecule has 1 atom stereocenters. The number of halogens is 1. The van der Waals surface area contributed by atoms with Gasteiger partial charge in [0.1, 0.15) is 0 Å². The van der Waals surface area contributed by atoms with E-state index in [0.717, 1.165) is 0 Å². The summed E-state index contributed by atoms with van der Waals surface area (Å²) in [5.74, 6) is 0. The first-order valence-corrected chi connectivity index (χ1v) is 1.69. The fourth-order valence-corrected chi connectivity index (χ4v) is 0. The molecule has 0 aromatic carbocycles. The van der Waals surface area contributed by atoms with E-state index in [1.807, 2.05) is 0 Å². The molecule has 2 heteroatoms. The molecule has 36 valence electrons. The van der Waals surface area contributed by atoms with E-state index in [9.17, 15) is 4.39 Å². The van der Waals surface area contributed by atoms with Crippen LogP contribution in [0.25, 0.3) is 0 Å². The van der Waals surface area contributed by atoms with E-state index in [4.69, 9.17) is 0 Å². The van der Waals surface area contributed by atoms with Gasteiger partial charge in [-0.1, -0.05) is 6.58 Å². The maximum Gasteiger partial charge on any atom is 0.169 e. The normalized spacial score (nSPS) is 13.8. The summed E-state index contributed by atoms with van der Waals surface area (Å²) in [4.78, 5) is 0. The van der Waals surface area contributed by atoms with Crippen LogP contribution in [-0.2, 0) is 0 Å². The van der Waals surface area contributed by atoms with E-state index in [0.29, 0.717) is 5.57 Å². The molecule has 0 aliphatic heterocycles. The van der Waals surface area contributed by atoms with Crippen molar-refractivity contribution in [2.24, 2.45) is 5.73 Å². The third kappa shape index (κ3) is 1.91. The third-order valence-electron chi connectivity index (χ3n) is 0.471. The van der Waals surface area contributed by atoms with Crippen LogP contribution in [-0.4, -0.2) is 6.30 Å². The van der Waals surface area contributed by atoms with Crippen molar-refractivity contribution < 1.29 is 4.39 Å². The predicted octanol–water partition coefficient (Wildman–Crippen LogP) is 0.817. The summed E-state index contributed by atoms with van der Waals surface area (Å²) in [7, 11) is 0.